The number of hydrogen-bond donors (Lipinski definition) is 0. The van der Waals surface area contributed by atoms with Crippen LogP contribution in [-0.4, -0.2) is 10.8 Å². The van der Waals surface area contributed by atoms with Crippen LogP contribution in [0.1, 0.15) is 6.92 Å². The summed E-state index contributed by atoms with van der Waals surface area (Å²) in [6, 6.07) is 0. The molecule has 2 nitrogen and oxygen atoms in total. The zero-order chi connectivity index (χ0) is 6.57. The molecular weight excluding hydrogens is 102 g/mol. The Hall–Kier alpha value is -1.05. The molecule has 0 aromatic rings. The van der Waals surface area contributed by atoms with E-state index < -0.39 is 0 Å². The third-order valence-corrected chi connectivity index (χ3v) is 0.757. The van der Waals surface area contributed by atoms with Crippen LogP contribution in [0.5, 0.6) is 0 Å². The average molecular weight is 111 g/mol. The molecule has 44 valence electrons. The number of carbonyl (C=O) groups excluding carboxylic acids is 1. The lowest BCUT2D eigenvalue weighted by Gasteiger charge is -2.06. The van der Waals surface area contributed by atoms with Crippen molar-refractivity contribution >= 4 is 5.91 Å². The van der Waals surface area contributed by atoms with Crippen molar-refractivity contribution in [2.75, 3.05) is 0 Å². The summed E-state index contributed by atoms with van der Waals surface area (Å²) in [6.45, 7) is 8.22. The summed E-state index contributed by atoms with van der Waals surface area (Å²) in [5.41, 5.74) is 0. The smallest absolute Gasteiger partial charge is 0.227 e. The van der Waals surface area contributed by atoms with Crippen molar-refractivity contribution in [2.24, 2.45) is 0 Å². The van der Waals surface area contributed by atoms with Crippen LogP contribution < -0.4 is 0 Å². The Kier molecular flexibility index (Phi) is 2.62. The van der Waals surface area contributed by atoms with Crippen LogP contribution in [0.3, 0.4) is 0 Å². The zero-order valence-corrected chi connectivity index (χ0v) is 4.92. The van der Waals surface area contributed by atoms with E-state index >= 15 is 0 Å². The number of carbonyl (C=O) groups is 1. The first-order chi connectivity index (χ1) is 3.72. The fraction of sp³-hybridized carbons (Fsp3) is 0.167. The molecule has 0 rings (SSSR count). The molecule has 0 fully saturated rings. The van der Waals surface area contributed by atoms with Gasteiger partial charge in [0.2, 0.25) is 5.91 Å². The summed E-state index contributed by atoms with van der Waals surface area (Å²) in [4.78, 5) is 11.7. The van der Waals surface area contributed by atoms with E-state index in [1.165, 1.54) is 24.2 Å². The highest BCUT2D eigenvalue weighted by Crippen LogP contribution is 1.86. The Balaban J connectivity index is 3.88. The summed E-state index contributed by atoms with van der Waals surface area (Å²) in [5, 5.41) is 0. The van der Waals surface area contributed by atoms with E-state index in [9.17, 15) is 4.79 Å². The first-order valence-electron chi connectivity index (χ1n) is 2.26. The highest BCUT2D eigenvalue weighted by Gasteiger charge is 1.94. The topological polar surface area (TPSA) is 20.3 Å². The molecule has 0 aliphatic carbocycles. The Morgan fingerprint density at radius 3 is 1.88 bits per heavy atom. The summed E-state index contributed by atoms with van der Waals surface area (Å²) in [6.07, 6.45) is 2.82. The molecule has 8 heavy (non-hydrogen) atoms. The minimum Gasteiger partial charge on any atom is -0.296 e. The molecule has 0 atom stereocenters. The predicted molar refractivity (Wildman–Crippen MR) is 32.9 cm³/mol. The molecule has 1 amide bonds. The van der Waals surface area contributed by atoms with Crippen LogP contribution in [0, 0.1) is 0 Å². The number of hydrogen-bond acceptors (Lipinski definition) is 1. The van der Waals surface area contributed by atoms with Crippen LogP contribution in [0.4, 0.5) is 0 Å². The van der Waals surface area contributed by atoms with E-state index in [1.807, 2.05) is 0 Å². The Morgan fingerprint density at radius 1 is 1.50 bits per heavy atom. The minimum absolute atomic E-state index is 0.0741. The molecule has 0 saturated carbocycles. The van der Waals surface area contributed by atoms with E-state index in [4.69, 9.17) is 0 Å². The molecule has 0 spiro atoms. The third kappa shape index (κ3) is 1.60. The molecule has 0 bridgehead atoms. The molecule has 0 heterocycles. The maximum Gasteiger partial charge on any atom is 0.227 e. The van der Waals surface area contributed by atoms with Crippen LogP contribution in [0.2, 0.25) is 0 Å². The normalized spacial score (nSPS) is 7.62. The van der Waals surface area contributed by atoms with Gasteiger partial charge >= 0.3 is 0 Å². The van der Waals surface area contributed by atoms with Gasteiger partial charge in [0, 0.05) is 19.3 Å². The third-order valence-electron chi connectivity index (χ3n) is 0.757. The number of rotatable bonds is 2. The molecule has 0 aromatic carbocycles. The van der Waals surface area contributed by atoms with Crippen molar-refractivity contribution in [1.82, 2.24) is 4.90 Å². The molecule has 0 aromatic heterocycles. The van der Waals surface area contributed by atoms with E-state index in [0.29, 0.717) is 0 Å². The molecule has 0 saturated heterocycles. The maximum atomic E-state index is 10.4. The van der Waals surface area contributed by atoms with E-state index in [2.05, 4.69) is 13.2 Å². The van der Waals surface area contributed by atoms with Crippen LogP contribution in [0.15, 0.2) is 25.6 Å². The first-order valence-corrected chi connectivity index (χ1v) is 2.26. The van der Waals surface area contributed by atoms with Gasteiger partial charge in [-0.1, -0.05) is 13.2 Å². The van der Waals surface area contributed by atoms with Gasteiger partial charge in [0.05, 0.1) is 0 Å². The summed E-state index contributed by atoms with van der Waals surface area (Å²) in [5.74, 6) is -0.0741. The van der Waals surface area contributed by atoms with E-state index in [1.54, 1.807) is 0 Å². The highest BCUT2D eigenvalue weighted by atomic mass is 16.2. The SMILES string of the molecule is C=CN(C=C)C(C)=O. The van der Waals surface area contributed by atoms with Gasteiger partial charge < -0.3 is 0 Å². The van der Waals surface area contributed by atoms with Gasteiger partial charge in [-0.2, -0.15) is 0 Å². The lowest BCUT2D eigenvalue weighted by molar-refractivity contribution is -0.124. The minimum atomic E-state index is -0.0741. The molecule has 0 N–H and O–H groups in total. The number of nitrogens with zero attached hydrogens (tertiary/aromatic N) is 1. The van der Waals surface area contributed by atoms with Gasteiger partial charge in [-0.15, -0.1) is 0 Å². The lowest BCUT2D eigenvalue weighted by atomic mass is 10.6. The second kappa shape index (κ2) is 3.02. The Bertz CT molecular complexity index is 110. The average Bonchev–Trinajstić information content (AvgIpc) is 1.69. The predicted octanol–water partition coefficient (Wildman–Crippen LogP) is 1.12. The van der Waals surface area contributed by atoms with E-state index in [-0.39, 0.29) is 5.91 Å². The molecular formula is C6H9NO. The molecule has 0 aliphatic heterocycles. The molecule has 2 heteroatoms. The monoisotopic (exact) mass is 111 g/mol. The fourth-order valence-corrected chi connectivity index (χ4v) is 0.332. The highest BCUT2D eigenvalue weighted by molar-refractivity contribution is 5.75. The van der Waals surface area contributed by atoms with E-state index in [0.717, 1.165) is 0 Å². The van der Waals surface area contributed by atoms with Crippen LogP contribution >= 0.6 is 0 Å². The summed E-state index contributed by atoms with van der Waals surface area (Å²) < 4.78 is 0. The van der Waals surface area contributed by atoms with Gasteiger partial charge in [0.25, 0.3) is 0 Å². The lowest BCUT2D eigenvalue weighted by Crippen LogP contribution is -2.14. The van der Waals surface area contributed by atoms with Crippen molar-refractivity contribution in [3.05, 3.63) is 25.6 Å². The van der Waals surface area contributed by atoms with Gasteiger partial charge in [0.1, 0.15) is 0 Å². The first kappa shape index (κ1) is 6.95. The van der Waals surface area contributed by atoms with Gasteiger partial charge in [-0.3, -0.25) is 9.69 Å². The quantitative estimate of drug-likeness (QED) is 0.523. The van der Waals surface area contributed by atoms with Crippen molar-refractivity contribution < 1.29 is 4.79 Å². The summed E-state index contributed by atoms with van der Waals surface area (Å²) in [7, 11) is 0. The van der Waals surface area contributed by atoms with Crippen molar-refractivity contribution in [3.8, 4) is 0 Å². The van der Waals surface area contributed by atoms with Gasteiger partial charge in [-0.25, -0.2) is 0 Å². The Morgan fingerprint density at radius 2 is 1.88 bits per heavy atom. The van der Waals surface area contributed by atoms with Crippen LogP contribution in [0.25, 0.3) is 0 Å². The summed E-state index contributed by atoms with van der Waals surface area (Å²) >= 11 is 0. The van der Waals surface area contributed by atoms with Gasteiger partial charge in [-0.05, 0) is 0 Å². The van der Waals surface area contributed by atoms with Crippen LogP contribution in [-0.2, 0) is 4.79 Å². The number of amides is 1. The second-order valence-corrected chi connectivity index (χ2v) is 1.29. The molecule has 0 unspecified atom stereocenters. The molecule has 0 radical (unpaired) electrons. The fourth-order valence-electron chi connectivity index (χ4n) is 0.332. The van der Waals surface area contributed by atoms with Gasteiger partial charge in [0.15, 0.2) is 0 Å². The largest absolute Gasteiger partial charge is 0.296 e. The zero-order valence-electron chi connectivity index (χ0n) is 4.92. The standard InChI is InChI=1S/C6H9NO/c1-4-7(5-2)6(3)8/h4-5H,1-2H2,3H3. The van der Waals surface area contributed by atoms with Crippen molar-refractivity contribution in [1.29, 1.82) is 0 Å². The maximum absolute atomic E-state index is 10.4. The molecule has 0 aliphatic rings. The Labute approximate surface area is 49.1 Å². The van der Waals surface area contributed by atoms with Crippen molar-refractivity contribution in [3.63, 3.8) is 0 Å². The second-order valence-electron chi connectivity index (χ2n) is 1.29. The van der Waals surface area contributed by atoms with Crippen molar-refractivity contribution in [2.45, 2.75) is 6.92 Å².